The van der Waals surface area contributed by atoms with E-state index in [9.17, 15) is 4.79 Å². The second kappa shape index (κ2) is 6.53. The number of para-hydroxylation sites is 1. The molecule has 116 valence electrons. The first kappa shape index (κ1) is 15.1. The number of benzene rings is 2. The lowest BCUT2D eigenvalue weighted by Gasteiger charge is -2.08. The number of nitrogens with one attached hydrogen (secondary N) is 2. The van der Waals surface area contributed by atoms with Crippen LogP contribution in [0.5, 0.6) is 0 Å². The molecular weight excluding hydrogens is 310 g/mol. The molecule has 1 amide bonds. The van der Waals surface area contributed by atoms with Crippen LogP contribution >= 0.6 is 12.2 Å². The largest absolute Gasteiger partial charge is 0.332 e. The molecular formula is C16H15N5OS. The first-order valence-electron chi connectivity index (χ1n) is 7.19. The molecule has 0 fully saturated rings. The van der Waals surface area contributed by atoms with E-state index in [1.807, 2.05) is 48.5 Å². The number of carbonyl (C=O) groups excluding carboxylic acids is 1. The maximum atomic E-state index is 11.3. The van der Waals surface area contributed by atoms with Crippen molar-refractivity contribution >= 4 is 40.0 Å². The van der Waals surface area contributed by atoms with Crippen molar-refractivity contribution in [2.24, 2.45) is 0 Å². The molecule has 2 aromatic carbocycles. The SMILES string of the molecule is CCC(=O)NC(=S)Nc1ccc2nn(-c3ccccc3)nc2c1. The van der Waals surface area contributed by atoms with E-state index in [2.05, 4.69) is 20.8 Å². The third-order valence-corrected chi connectivity index (χ3v) is 3.40. The van der Waals surface area contributed by atoms with Crippen LogP contribution in [0.4, 0.5) is 5.69 Å². The summed E-state index contributed by atoms with van der Waals surface area (Å²) in [6, 6.07) is 15.2. The molecule has 7 heteroatoms. The predicted octanol–water partition coefficient (Wildman–Crippen LogP) is 2.64. The van der Waals surface area contributed by atoms with Crippen LogP contribution in [0.1, 0.15) is 13.3 Å². The normalized spacial score (nSPS) is 10.5. The number of amides is 1. The molecule has 0 aliphatic carbocycles. The number of hydrogen-bond donors (Lipinski definition) is 2. The predicted molar refractivity (Wildman–Crippen MR) is 93.5 cm³/mol. The van der Waals surface area contributed by atoms with Crippen LogP contribution in [0.15, 0.2) is 48.5 Å². The van der Waals surface area contributed by atoms with Gasteiger partial charge in [0.1, 0.15) is 11.0 Å². The number of thiocarbonyl (C=S) groups is 1. The average molecular weight is 325 g/mol. The number of rotatable bonds is 3. The highest BCUT2D eigenvalue weighted by Crippen LogP contribution is 2.17. The highest BCUT2D eigenvalue weighted by Gasteiger charge is 2.07. The third-order valence-electron chi connectivity index (χ3n) is 3.20. The average Bonchev–Trinajstić information content (AvgIpc) is 2.98. The third kappa shape index (κ3) is 3.51. The van der Waals surface area contributed by atoms with E-state index >= 15 is 0 Å². The fraction of sp³-hybridized carbons (Fsp3) is 0.125. The van der Waals surface area contributed by atoms with Gasteiger partial charge in [-0.25, -0.2) is 0 Å². The van der Waals surface area contributed by atoms with E-state index < -0.39 is 0 Å². The van der Waals surface area contributed by atoms with Crippen molar-refractivity contribution in [1.29, 1.82) is 0 Å². The Labute approximate surface area is 138 Å². The fourth-order valence-corrected chi connectivity index (χ4v) is 2.28. The zero-order valence-corrected chi connectivity index (χ0v) is 13.3. The molecule has 0 radical (unpaired) electrons. The Balaban J connectivity index is 1.82. The topological polar surface area (TPSA) is 71.8 Å². The van der Waals surface area contributed by atoms with Crippen molar-refractivity contribution < 1.29 is 4.79 Å². The summed E-state index contributed by atoms with van der Waals surface area (Å²) >= 11 is 5.10. The maximum Gasteiger partial charge on any atom is 0.225 e. The molecule has 3 aromatic rings. The lowest BCUT2D eigenvalue weighted by atomic mass is 10.3. The Kier molecular flexibility index (Phi) is 4.29. The Hall–Kier alpha value is -2.80. The number of hydrogen-bond acceptors (Lipinski definition) is 4. The van der Waals surface area contributed by atoms with Gasteiger partial charge < -0.3 is 10.6 Å². The summed E-state index contributed by atoms with van der Waals surface area (Å²) in [6.07, 6.45) is 0.381. The van der Waals surface area contributed by atoms with Crippen LogP contribution in [0.3, 0.4) is 0 Å². The van der Waals surface area contributed by atoms with Crippen molar-refractivity contribution in [3.8, 4) is 5.69 Å². The van der Waals surface area contributed by atoms with Crippen LogP contribution in [-0.2, 0) is 4.79 Å². The lowest BCUT2D eigenvalue weighted by molar-refractivity contribution is -0.119. The summed E-state index contributed by atoms with van der Waals surface area (Å²) in [5.41, 5.74) is 3.16. The summed E-state index contributed by atoms with van der Waals surface area (Å²) < 4.78 is 0. The van der Waals surface area contributed by atoms with Crippen molar-refractivity contribution in [2.45, 2.75) is 13.3 Å². The van der Waals surface area contributed by atoms with Crippen LogP contribution in [0, 0.1) is 0 Å². The highest BCUT2D eigenvalue weighted by atomic mass is 32.1. The van der Waals surface area contributed by atoms with Gasteiger partial charge in [-0.1, -0.05) is 25.1 Å². The van der Waals surface area contributed by atoms with Gasteiger partial charge in [0.2, 0.25) is 5.91 Å². The van der Waals surface area contributed by atoms with Gasteiger partial charge in [0, 0.05) is 12.1 Å². The first-order valence-corrected chi connectivity index (χ1v) is 7.60. The Morgan fingerprint density at radius 1 is 1.13 bits per heavy atom. The maximum absolute atomic E-state index is 11.3. The van der Waals surface area contributed by atoms with Gasteiger partial charge in [-0.3, -0.25) is 4.79 Å². The molecule has 0 aliphatic rings. The minimum Gasteiger partial charge on any atom is -0.332 e. The molecule has 3 rings (SSSR count). The van der Waals surface area contributed by atoms with Gasteiger partial charge in [0.25, 0.3) is 0 Å². The van der Waals surface area contributed by atoms with Crippen LogP contribution in [0.25, 0.3) is 16.7 Å². The molecule has 0 saturated heterocycles. The summed E-state index contributed by atoms with van der Waals surface area (Å²) in [6.45, 7) is 1.77. The molecule has 0 aliphatic heterocycles. The van der Waals surface area contributed by atoms with Gasteiger partial charge in [-0.2, -0.15) is 4.80 Å². The Morgan fingerprint density at radius 2 is 1.87 bits per heavy atom. The molecule has 1 aromatic heterocycles. The molecule has 0 atom stereocenters. The molecule has 0 unspecified atom stereocenters. The summed E-state index contributed by atoms with van der Waals surface area (Å²) in [4.78, 5) is 12.9. The van der Waals surface area contributed by atoms with E-state index in [1.165, 1.54) is 0 Å². The summed E-state index contributed by atoms with van der Waals surface area (Å²) in [5, 5.41) is 14.7. The fourth-order valence-electron chi connectivity index (χ4n) is 2.05. The highest BCUT2D eigenvalue weighted by molar-refractivity contribution is 7.80. The second-order valence-corrected chi connectivity index (χ2v) is 5.29. The van der Waals surface area contributed by atoms with Crippen molar-refractivity contribution in [2.75, 3.05) is 5.32 Å². The molecule has 6 nitrogen and oxygen atoms in total. The number of anilines is 1. The minimum atomic E-state index is -0.126. The zero-order valence-electron chi connectivity index (χ0n) is 12.5. The smallest absolute Gasteiger partial charge is 0.225 e. The van der Waals surface area contributed by atoms with Crippen molar-refractivity contribution in [3.05, 3.63) is 48.5 Å². The van der Waals surface area contributed by atoms with E-state index in [-0.39, 0.29) is 11.0 Å². The first-order chi connectivity index (χ1) is 11.2. The number of fused-ring (bicyclic) bond motifs is 1. The number of carbonyl (C=O) groups is 1. The van der Waals surface area contributed by atoms with Crippen LogP contribution in [0.2, 0.25) is 0 Å². The Morgan fingerprint density at radius 3 is 2.61 bits per heavy atom. The monoisotopic (exact) mass is 325 g/mol. The van der Waals surface area contributed by atoms with E-state index in [0.717, 1.165) is 22.4 Å². The molecule has 0 saturated carbocycles. The summed E-state index contributed by atoms with van der Waals surface area (Å²) in [7, 11) is 0. The van der Waals surface area contributed by atoms with Crippen LogP contribution < -0.4 is 10.6 Å². The lowest BCUT2D eigenvalue weighted by Crippen LogP contribution is -2.33. The molecule has 0 spiro atoms. The molecule has 2 N–H and O–H groups in total. The molecule has 1 heterocycles. The van der Waals surface area contributed by atoms with E-state index in [0.29, 0.717) is 6.42 Å². The number of aromatic nitrogens is 3. The molecule has 0 bridgehead atoms. The van der Waals surface area contributed by atoms with Crippen LogP contribution in [-0.4, -0.2) is 26.0 Å². The minimum absolute atomic E-state index is 0.126. The van der Waals surface area contributed by atoms with Gasteiger partial charge in [-0.15, -0.1) is 10.2 Å². The second-order valence-electron chi connectivity index (χ2n) is 4.88. The Bertz CT molecular complexity index is 859. The van der Waals surface area contributed by atoms with E-state index in [4.69, 9.17) is 12.2 Å². The van der Waals surface area contributed by atoms with Crippen molar-refractivity contribution in [1.82, 2.24) is 20.3 Å². The standard InChI is InChI=1S/C16H15N5OS/c1-2-15(22)18-16(23)17-11-8-9-13-14(10-11)20-21(19-13)12-6-4-3-5-7-12/h3-10H,2H2,1H3,(H2,17,18,22,23). The van der Waals surface area contributed by atoms with E-state index in [1.54, 1.807) is 11.7 Å². The van der Waals surface area contributed by atoms with Gasteiger partial charge in [-0.05, 0) is 42.5 Å². The van der Waals surface area contributed by atoms with Gasteiger partial charge in [0.05, 0.1) is 5.69 Å². The molecule has 23 heavy (non-hydrogen) atoms. The van der Waals surface area contributed by atoms with Crippen molar-refractivity contribution in [3.63, 3.8) is 0 Å². The quantitative estimate of drug-likeness (QED) is 0.724. The van der Waals surface area contributed by atoms with Gasteiger partial charge >= 0.3 is 0 Å². The zero-order chi connectivity index (χ0) is 16.2. The number of nitrogens with zero attached hydrogens (tertiary/aromatic N) is 3. The summed E-state index contributed by atoms with van der Waals surface area (Å²) in [5.74, 6) is -0.126. The van der Waals surface area contributed by atoms with Gasteiger partial charge in [0.15, 0.2) is 5.11 Å².